The monoisotopic (exact) mass is 356 g/mol. The van der Waals surface area contributed by atoms with Gasteiger partial charge in [-0.3, -0.25) is 0 Å². The molecule has 2 aliphatic heterocycles. The Labute approximate surface area is 160 Å². The summed E-state index contributed by atoms with van der Waals surface area (Å²) >= 11 is 0. The van der Waals surface area contributed by atoms with E-state index < -0.39 is 0 Å². The van der Waals surface area contributed by atoms with Crippen LogP contribution in [0.25, 0.3) is 0 Å². The smallest absolute Gasteiger partial charge is 0.126 e. The zero-order chi connectivity index (χ0) is 19.1. The van der Waals surface area contributed by atoms with Crippen LogP contribution < -0.4 is 4.74 Å². The van der Waals surface area contributed by atoms with Gasteiger partial charge in [0.25, 0.3) is 0 Å². The summed E-state index contributed by atoms with van der Waals surface area (Å²) in [5.74, 6) is 1.46. The number of ether oxygens (including phenoxy) is 2. The summed E-state index contributed by atoms with van der Waals surface area (Å²) in [6.45, 7) is 15.6. The van der Waals surface area contributed by atoms with Crippen LogP contribution in [0.5, 0.6) is 5.75 Å². The lowest BCUT2D eigenvalue weighted by atomic mass is 9.72. The maximum absolute atomic E-state index is 6.73. The van der Waals surface area contributed by atoms with Crippen molar-refractivity contribution in [1.82, 2.24) is 0 Å². The van der Waals surface area contributed by atoms with Crippen molar-refractivity contribution >= 4 is 0 Å². The molecule has 0 unspecified atom stereocenters. The summed E-state index contributed by atoms with van der Waals surface area (Å²) in [5.41, 5.74) is 3.90. The molecule has 3 rings (SSSR count). The Bertz CT molecular complexity index is 678. The Hall–Kier alpha value is -1.28. The highest BCUT2D eigenvalue weighted by molar-refractivity contribution is 5.44. The van der Waals surface area contributed by atoms with E-state index in [1.807, 2.05) is 0 Å². The number of fused-ring (bicyclic) bond motifs is 3. The minimum Gasteiger partial charge on any atom is -0.487 e. The van der Waals surface area contributed by atoms with E-state index in [2.05, 4.69) is 72.7 Å². The number of hydrogen-bond donors (Lipinski definition) is 0. The maximum atomic E-state index is 6.73. The van der Waals surface area contributed by atoms with Gasteiger partial charge in [-0.05, 0) is 70.4 Å². The lowest BCUT2D eigenvalue weighted by Gasteiger charge is -2.50. The zero-order valence-electron chi connectivity index (χ0n) is 17.7. The van der Waals surface area contributed by atoms with Crippen molar-refractivity contribution in [2.75, 3.05) is 0 Å². The molecule has 2 heteroatoms. The van der Waals surface area contributed by atoms with E-state index in [-0.39, 0.29) is 17.1 Å². The van der Waals surface area contributed by atoms with Gasteiger partial charge < -0.3 is 9.47 Å². The van der Waals surface area contributed by atoms with Crippen LogP contribution in [-0.2, 0) is 10.2 Å². The van der Waals surface area contributed by atoms with Crippen molar-refractivity contribution in [3.05, 3.63) is 41.0 Å². The van der Waals surface area contributed by atoms with Gasteiger partial charge in [0.1, 0.15) is 11.4 Å². The van der Waals surface area contributed by atoms with Crippen LogP contribution in [0.4, 0.5) is 0 Å². The van der Waals surface area contributed by atoms with Crippen LogP contribution >= 0.6 is 0 Å². The van der Waals surface area contributed by atoms with Gasteiger partial charge in [0, 0.05) is 11.5 Å². The van der Waals surface area contributed by atoms with Crippen molar-refractivity contribution in [3.8, 4) is 5.75 Å². The maximum Gasteiger partial charge on any atom is 0.126 e. The molecule has 0 saturated carbocycles. The first-order chi connectivity index (χ1) is 12.1. The van der Waals surface area contributed by atoms with Gasteiger partial charge in [-0.1, -0.05) is 44.6 Å². The fraction of sp³-hybridized carbons (Fsp3) is 0.667. The molecule has 0 aromatic heterocycles. The molecular weight excluding hydrogens is 320 g/mol. The highest BCUT2D eigenvalue weighted by Crippen LogP contribution is 2.52. The van der Waals surface area contributed by atoms with E-state index in [9.17, 15) is 0 Å². The second-order valence-electron chi connectivity index (χ2n) is 9.79. The SMILES string of the molecule is CC(C)=CCC[C@]1(C)Oc2cc(C(C)(C)C)ccc2[C@@H]2O[C@H](C)CC[C@H]21. The van der Waals surface area contributed by atoms with E-state index >= 15 is 0 Å². The minimum absolute atomic E-state index is 0.119. The van der Waals surface area contributed by atoms with Gasteiger partial charge in [0.15, 0.2) is 0 Å². The van der Waals surface area contributed by atoms with E-state index in [0.717, 1.165) is 25.0 Å². The lowest BCUT2D eigenvalue weighted by Crippen LogP contribution is -2.50. The first kappa shape index (κ1) is 19.5. The van der Waals surface area contributed by atoms with Crippen molar-refractivity contribution < 1.29 is 9.47 Å². The summed E-state index contributed by atoms with van der Waals surface area (Å²) in [5, 5.41) is 0. The van der Waals surface area contributed by atoms with Crippen LogP contribution in [0.15, 0.2) is 29.8 Å². The van der Waals surface area contributed by atoms with Crippen LogP contribution in [0.1, 0.15) is 91.4 Å². The second kappa shape index (κ2) is 7.03. The van der Waals surface area contributed by atoms with Crippen molar-refractivity contribution in [2.45, 2.75) is 97.4 Å². The molecule has 144 valence electrons. The van der Waals surface area contributed by atoms with Gasteiger partial charge in [0.05, 0.1) is 12.2 Å². The normalized spacial score (nSPS) is 30.8. The summed E-state index contributed by atoms with van der Waals surface area (Å²) < 4.78 is 13.2. The molecular formula is C24H36O2. The van der Waals surface area contributed by atoms with Crippen LogP contribution in [0.3, 0.4) is 0 Å². The highest BCUT2D eigenvalue weighted by Gasteiger charge is 2.49. The van der Waals surface area contributed by atoms with Gasteiger partial charge in [-0.2, -0.15) is 0 Å². The first-order valence-electron chi connectivity index (χ1n) is 10.2. The van der Waals surface area contributed by atoms with Crippen LogP contribution in [0, 0.1) is 5.92 Å². The van der Waals surface area contributed by atoms with E-state index in [4.69, 9.17) is 9.47 Å². The molecule has 1 saturated heterocycles. The van der Waals surface area contributed by atoms with Gasteiger partial charge >= 0.3 is 0 Å². The molecule has 1 aromatic rings. The topological polar surface area (TPSA) is 18.5 Å². The quantitative estimate of drug-likeness (QED) is 0.558. The third kappa shape index (κ3) is 3.86. The summed E-state index contributed by atoms with van der Waals surface area (Å²) in [6, 6.07) is 6.77. The molecule has 2 nitrogen and oxygen atoms in total. The highest BCUT2D eigenvalue weighted by atomic mass is 16.5. The molecule has 2 heterocycles. The molecule has 2 aliphatic rings. The molecule has 0 N–H and O–H groups in total. The Kier molecular flexibility index (Phi) is 5.27. The van der Waals surface area contributed by atoms with E-state index in [1.54, 1.807) is 0 Å². The molecule has 1 aromatic carbocycles. The largest absolute Gasteiger partial charge is 0.487 e. The molecule has 0 aliphatic carbocycles. The van der Waals surface area contributed by atoms with Crippen molar-refractivity contribution in [3.63, 3.8) is 0 Å². The molecule has 26 heavy (non-hydrogen) atoms. The molecule has 1 fully saturated rings. The van der Waals surface area contributed by atoms with Gasteiger partial charge in [0.2, 0.25) is 0 Å². The summed E-state index contributed by atoms with van der Waals surface area (Å²) in [4.78, 5) is 0. The Morgan fingerprint density at radius 3 is 2.62 bits per heavy atom. The molecule has 0 amide bonds. The summed E-state index contributed by atoms with van der Waals surface area (Å²) in [6.07, 6.45) is 7.22. The Morgan fingerprint density at radius 2 is 1.96 bits per heavy atom. The fourth-order valence-electron chi connectivity index (χ4n) is 4.43. The molecule has 0 bridgehead atoms. The number of hydrogen-bond acceptors (Lipinski definition) is 2. The summed E-state index contributed by atoms with van der Waals surface area (Å²) in [7, 11) is 0. The molecule has 4 atom stereocenters. The number of rotatable bonds is 3. The standard InChI is InChI=1S/C24H36O2/c1-16(2)9-8-14-24(7)20-13-10-17(3)25-22(20)19-12-11-18(23(4,5)6)15-21(19)26-24/h9,11-12,15,17,20,22H,8,10,13-14H2,1-7H3/t17-,20-,22+,24+/m1/s1. The lowest BCUT2D eigenvalue weighted by molar-refractivity contribution is -0.152. The van der Waals surface area contributed by atoms with Crippen molar-refractivity contribution in [1.29, 1.82) is 0 Å². The number of benzene rings is 1. The van der Waals surface area contributed by atoms with Crippen LogP contribution in [-0.4, -0.2) is 11.7 Å². The molecule has 0 radical (unpaired) electrons. The van der Waals surface area contributed by atoms with E-state index in [1.165, 1.54) is 23.1 Å². The zero-order valence-corrected chi connectivity index (χ0v) is 17.7. The third-order valence-electron chi connectivity index (χ3n) is 6.14. The first-order valence-corrected chi connectivity index (χ1v) is 10.2. The molecule has 0 spiro atoms. The van der Waals surface area contributed by atoms with Crippen LogP contribution in [0.2, 0.25) is 0 Å². The number of allylic oxidation sites excluding steroid dienone is 2. The average molecular weight is 357 g/mol. The van der Waals surface area contributed by atoms with Gasteiger partial charge in [-0.25, -0.2) is 0 Å². The predicted octanol–water partition coefficient (Wildman–Crippen LogP) is 6.74. The fourth-order valence-corrected chi connectivity index (χ4v) is 4.43. The van der Waals surface area contributed by atoms with Gasteiger partial charge in [-0.15, -0.1) is 0 Å². The third-order valence-corrected chi connectivity index (χ3v) is 6.14. The van der Waals surface area contributed by atoms with Crippen molar-refractivity contribution in [2.24, 2.45) is 5.92 Å². The predicted molar refractivity (Wildman–Crippen MR) is 109 cm³/mol. The Morgan fingerprint density at radius 1 is 1.23 bits per heavy atom. The van der Waals surface area contributed by atoms with E-state index in [0.29, 0.717) is 12.0 Å². The second-order valence-corrected chi connectivity index (χ2v) is 9.79. The minimum atomic E-state index is -0.166. The Balaban J connectivity index is 1.98. The average Bonchev–Trinajstić information content (AvgIpc) is 2.53.